The number of hydrogen-bond acceptors (Lipinski definition) is 4. The molecular weight excluding hydrogens is 364 g/mol. The highest BCUT2D eigenvalue weighted by Gasteiger charge is 2.55. The predicted molar refractivity (Wildman–Crippen MR) is 106 cm³/mol. The van der Waals surface area contributed by atoms with Crippen LogP contribution in [-0.2, 0) is 19.6 Å². The van der Waals surface area contributed by atoms with Crippen LogP contribution in [0.25, 0.3) is 0 Å². The van der Waals surface area contributed by atoms with E-state index in [0.29, 0.717) is 19.6 Å². The Bertz CT molecular complexity index is 808. The zero-order valence-corrected chi connectivity index (χ0v) is 17.3. The maximum absolute atomic E-state index is 13.4. The minimum atomic E-state index is -3.35. The Hall–Kier alpha value is -1.44. The van der Waals surface area contributed by atoms with E-state index in [1.807, 2.05) is 32.0 Å². The van der Waals surface area contributed by atoms with Crippen LogP contribution in [0.15, 0.2) is 18.2 Å². The number of carbonyl (C=O) groups excluding carboxylic acids is 1. The molecule has 1 saturated heterocycles. The largest absolute Gasteiger partial charge is 0.383 e. The summed E-state index contributed by atoms with van der Waals surface area (Å²) in [5.74, 6) is -0.0236. The molecule has 2 fully saturated rings. The number of anilines is 1. The Morgan fingerprint density at radius 3 is 2.78 bits per heavy atom. The molecule has 1 aliphatic heterocycles. The average molecular weight is 395 g/mol. The molecule has 150 valence electrons. The standard InChI is InChI=1S/C20H30N2O4S/c1-15-7-8-17(16(2)14-15)21-19(23)20-9-5-4-6-18(20)22(11-12-26-3)27(24,25)13-10-20/h7-8,14,18H,4-6,9-13H2,1-3H3,(H,21,23)/t18-,20-/m1/s1. The van der Waals surface area contributed by atoms with Gasteiger partial charge in [-0.15, -0.1) is 0 Å². The van der Waals surface area contributed by atoms with Crippen LogP contribution in [0, 0.1) is 19.3 Å². The van der Waals surface area contributed by atoms with E-state index in [-0.39, 0.29) is 17.7 Å². The minimum absolute atomic E-state index is 0.0213. The van der Waals surface area contributed by atoms with Gasteiger partial charge in [0.05, 0.1) is 17.8 Å². The van der Waals surface area contributed by atoms with Gasteiger partial charge in [-0.05, 0) is 44.7 Å². The van der Waals surface area contributed by atoms with Crippen LogP contribution in [0.5, 0.6) is 0 Å². The molecule has 0 radical (unpaired) electrons. The van der Waals surface area contributed by atoms with Crippen molar-refractivity contribution in [1.82, 2.24) is 4.31 Å². The van der Waals surface area contributed by atoms with E-state index < -0.39 is 15.4 Å². The summed E-state index contributed by atoms with van der Waals surface area (Å²) in [6, 6.07) is 5.67. The molecule has 3 rings (SSSR count). The van der Waals surface area contributed by atoms with Crippen molar-refractivity contribution in [3.8, 4) is 0 Å². The summed E-state index contributed by atoms with van der Waals surface area (Å²) in [4.78, 5) is 13.4. The lowest BCUT2D eigenvalue weighted by Gasteiger charge is -2.50. The number of nitrogens with zero attached hydrogens (tertiary/aromatic N) is 1. The average Bonchev–Trinajstić information content (AvgIpc) is 2.63. The summed E-state index contributed by atoms with van der Waals surface area (Å²) in [5, 5.41) is 3.11. The van der Waals surface area contributed by atoms with E-state index in [2.05, 4.69) is 5.32 Å². The first-order chi connectivity index (χ1) is 12.8. The topological polar surface area (TPSA) is 75.7 Å². The van der Waals surface area contributed by atoms with Crippen LogP contribution < -0.4 is 5.32 Å². The first-order valence-corrected chi connectivity index (χ1v) is 11.3. The number of methoxy groups -OCH3 is 1. The van der Waals surface area contributed by atoms with Crippen molar-refractivity contribution in [3.63, 3.8) is 0 Å². The van der Waals surface area contributed by atoms with Crippen molar-refractivity contribution in [2.45, 2.75) is 52.0 Å². The fourth-order valence-electron chi connectivity index (χ4n) is 4.61. The highest BCUT2D eigenvalue weighted by atomic mass is 32.2. The minimum Gasteiger partial charge on any atom is -0.383 e. The molecule has 1 amide bonds. The van der Waals surface area contributed by atoms with Gasteiger partial charge >= 0.3 is 0 Å². The summed E-state index contributed by atoms with van der Waals surface area (Å²) in [7, 11) is -1.78. The van der Waals surface area contributed by atoms with Gasteiger partial charge in [-0.3, -0.25) is 4.79 Å². The van der Waals surface area contributed by atoms with Crippen molar-refractivity contribution in [3.05, 3.63) is 29.3 Å². The Labute approximate surface area is 162 Å². The molecule has 1 saturated carbocycles. The predicted octanol–water partition coefficient (Wildman–Crippen LogP) is 2.85. The Kier molecular flexibility index (Phi) is 5.93. The van der Waals surface area contributed by atoms with Crippen molar-refractivity contribution < 1.29 is 17.9 Å². The number of hydrogen-bond donors (Lipinski definition) is 1. The molecule has 2 atom stereocenters. The van der Waals surface area contributed by atoms with Crippen LogP contribution in [0.2, 0.25) is 0 Å². The molecule has 0 bridgehead atoms. The summed E-state index contributed by atoms with van der Waals surface area (Å²) < 4.78 is 32.1. The summed E-state index contributed by atoms with van der Waals surface area (Å²) in [5.41, 5.74) is 2.32. The van der Waals surface area contributed by atoms with Crippen LogP contribution in [-0.4, -0.2) is 50.7 Å². The molecular formula is C20H30N2O4S. The second-order valence-electron chi connectivity index (χ2n) is 7.86. The molecule has 1 heterocycles. The third-order valence-corrected chi connectivity index (χ3v) is 7.97. The van der Waals surface area contributed by atoms with Gasteiger partial charge in [0, 0.05) is 25.4 Å². The number of sulfonamides is 1. The molecule has 2 aliphatic rings. The van der Waals surface area contributed by atoms with E-state index >= 15 is 0 Å². The second kappa shape index (κ2) is 7.89. The van der Waals surface area contributed by atoms with Crippen LogP contribution in [0.4, 0.5) is 5.69 Å². The normalized spacial score (nSPS) is 27.7. The van der Waals surface area contributed by atoms with Gasteiger partial charge < -0.3 is 10.1 Å². The maximum atomic E-state index is 13.4. The number of amides is 1. The maximum Gasteiger partial charge on any atom is 0.232 e. The second-order valence-corrected chi connectivity index (χ2v) is 9.90. The fourth-order valence-corrected chi connectivity index (χ4v) is 6.51. The van der Waals surface area contributed by atoms with Gasteiger partial charge in [-0.25, -0.2) is 8.42 Å². The van der Waals surface area contributed by atoms with E-state index in [1.54, 1.807) is 11.4 Å². The Balaban J connectivity index is 1.91. The Morgan fingerprint density at radius 1 is 1.30 bits per heavy atom. The van der Waals surface area contributed by atoms with E-state index in [0.717, 1.165) is 42.5 Å². The monoisotopic (exact) mass is 394 g/mol. The van der Waals surface area contributed by atoms with Gasteiger partial charge in [0.2, 0.25) is 15.9 Å². The molecule has 1 aromatic rings. The highest BCUT2D eigenvalue weighted by molar-refractivity contribution is 7.89. The number of rotatable bonds is 5. The third kappa shape index (κ3) is 3.91. The molecule has 0 spiro atoms. The number of ether oxygens (including phenoxy) is 1. The SMILES string of the molecule is COCCN1[C@@H]2CCCC[C@@]2(C(=O)Nc2ccc(C)cc2C)CCS1(=O)=O. The molecule has 1 aromatic carbocycles. The van der Waals surface area contributed by atoms with Crippen LogP contribution in [0.1, 0.15) is 43.2 Å². The van der Waals surface area contributed by atoms with Gasteiger partial charge in [-0.1, -0.05) is 30.5 Å². The van der Waals surface area contributed by atoms with Gasteiger partial charge in [-0.2, -0.15) is 4.31 Å². The third-order valence-electron chi connectivity index (χ3n) is 6.10. The highest BCUT2D eigenvalue weighted by Crippen LogP contribution is 2.47. The molecule has 1 aliphatic carbocycles. The lowest BCUT2D eigenvalue weighted by Crippen LogP contribution is -2.62. The molecule has 1 N–H and O–H groups in total. The number of aryl methyl sites for hydroxylation is 2. The van der Waals surface area contributed by atoms with Gasteiger partial charge in [0.1, 0.15) is 0 Å². The van der Waals surface area contributed by atoms with Crippen molar-refractivity contribution in [1.29, 1.82) is 0 Å². The quantitative estimate of drug-likeness (QED) is 0.833. The van der Waals surface area contributed by atoms with Crippen LogP contribution in [0.3, 0.4) is 0 Å². The zero-order chi connectivity index (χ0) is 19.7. The first kappa shape index (κ1) is 20.3. The van der Waals surface area contributed by atoms with E-state index in [9.17, 15) is 13.2 Å². The van der Waals surface area contributed by atoms with E-state index in [4.69, 9.17) is 4.74 Å². The smallest absolute Gasteiger partial charge is 0.232 e. The fraction of sp³-hybridized carbons (Fsp3) is 0.650. The molecule has 0 unspecified atom stereocenters. The summed E-state index contributed by atoms with van der Waals surface area (Å²) in [6.45, 7) is 4.65. The lowest BCUT2D eigenvalue weighted by atomic mass is 9.67. The van der Waals surface area contributed by atoms with Crippen molar-refractivity contribution >= 4 is 21.6 Å². The zero-order valence-electron chi connectivity index (χ0n) is 16.5. The lowest BCUT2D eigenvalue weighted by molar-refractivity contribution is -0.132. The summed E-state index contributed by atoms with van der Waals surface area (Å²) in [6.07, 6.45) is 3.74. The van der Waals surface area contributed by atoms with Gasteiger partial charge in [0.15, 0.2) is 0 Å². The number of nitrogens with one attached hydrogen (secondary N) is 1. The molecule has 27 heavy (non-hydrogen) atoms. The van der Waals surface area contributed by atoms with Crippen LogP contribution >= 0.6 is 0 Å². The number of fused-ring (bicyclic) bond motifs is 1. The molecule has 7 heteroatoms. The molecule has 0 aromatic heterocycles. The number of carbonyl (C=O) groups is 1. The van der Waals surface area contributed by atoms with Crippen molar-refractivity contribution in [2.24, 2.45) is 5.41 Å². The van der Waals surface area contributed by atoms with Gasteiger partial charge in [0.25, 0.3) is 0 Å². The van der Waals surface area contributed by atoms with Crippen molar-refractivity contribution in [2.75, 3.05) is 31.3 Å². The number of benzene rings is 1. The Morgan fingerprint density at radius 2 is 2.07 bits per heavy atom. The summed E-state index contributed by atoms with van der Waals surface area (Å²) >= 11 is 0. The molecule has 6 nitrogen and oxygen atoms in total. The van der Waals surface area contributed by atoms with E-state index in [1.165, 1.54) is 0 Å². The first-order valence-electron chi connectivity index (χ1n) is 9.67.